The van der Waals surface area contributed by atoms with Crippen LogP contribution in [0.2, 0.25) is 0 Å². The molecule has 1 aromatic heterocycles. The van der Waals surface area contributed by atoms with Gasteiger partial charge in [-0.15, -0.1) is 0 Å². The normalized spacial score (nSPS) is 10.4. The van der Waals surface area contributed by atoms with E-state index in [-0.39, 0.29) is 12.3 Å². The van der Waals surface area contributed by atoms with E-state index < -0.39 is 0 Å². The first-order chi connectivity index (χ1) is 12.6. The standard InChI is InChI=1S/C20H20N2O4/c1-24-17-8-13(9-18(25-2)20(17)26-3)10-19(23)22-15-11-14-6-4-5-7-16(14)21-12-15/h4-9,11-12H,10H2,1-3H3,(H,22,23). The molecule has 1 amide bonds. The number of nitrogens with zero attached hydrogens (tertiary/aromatic N) is 1. The zero-order valence-corrected chi connectivity index (χ0v) is 14.9. The predicted octanol–water partition coefficient (Wildman–Crippen LogP) is 3.44. The molecule has 0 saturated carbocycles. The zero-order chi connectivity index (χ0) is 18.5. The number of aromatic nitrogens is 1. The average molecular weight is 352 g/mol. The van der Waals surface area contributed by atoms with Gasteiger partial charge in [-0.3, -0.25) is 9.78 Å². The monoisotopic (exact) mass is 352 g/mol. The van der Waals surface area contributed by atoms with Crippen LogP contribution < -0.4 is 19.5 Å². The number of rotatable bonds is 6. The molecule has 26 heavy (non-hydrogen) atoms. The molecular weight excluding hydrogens is 332 g/mol. The van der Waals surface area contributed by atoms with Gasteiger partial charge in [0.1, 0.15) is 0 Å². The van der Waals surface area contributed by atoms with E-state index in [4.69, 9.17) is 14.2 Å². The van der Waals surface area contributed by atoms with Gasteiger partial charge in [-0.05, 0) is 29.8 Å². The Morgan fingerprint density at radius 3 is 2.35 bits per heavy atom. The molecule has 0 aliphatic rings. The summed E-state index contributed by atoms with van der Waals surface area (Å²) in [6.45, 7) is 0. The van der Waals surface area contributed by atoms with Crippen molar-refractivity contribution < 1.29 is 19.0 Å². The summed E-state index contributed by atoms with van der Waals surface area (Å²) >= 11 is 0. The van der Waals surface area contributed by atoms with Crippen LogP contribution in [0.1, 0.15) is 5.56 Å². The van der Waals surface area contributed by atoms with E-state index in [0.29, 0.717) is 22.9 Å². The second-order valence-electron chi connectivity index (χ2n) is 5.68. The lowest BCUT2D eigenvalue weighted by molar-refractivity contribution is -0.115. The van der Waals surface area contributed by atoms with Crippen molar-refractivity contribution in [3.8, 4) is 17.2 Å². The summed E-state index contributed by atoms with van der Waals surface area (Å²) in [5.74, 6) is 1.37. The molecule has 0 fully saturated rings. The minimum Gasteiger partial charge on any atom is -0.493 e. The molecule has 0 atom stereocenters. The van der Waals surface area contributed by atoms with Crippen molar-refractivity contribution in [3.05, 3.63) is 54.2 Å². The fourth-order valence-corrected chi connectivity index (χ4v) is 2.77. The number of nitrogens with one attached hydrogen (secondary N) is 1. The molecule has 0 radical (unpaired) electrons. The van der Waals surface area contributed by atoms with Crippen LogP contribution in [0.5, 0.6) is 17.2 Å². The Hall–Kier alpha value is -3.28. The average Bonchev–Trinajstić information content (AvgIpc) is 2.66. The van der Waals surface area contributed by atoms with Gasteiger partial charge in [-0.25, -0.2) is 0 Å². The number of hydrogen-bond donors (Lipinski definition) is 1. The van der Waals surface area contributed by atoms with E-state index >= 15 is 0 Å². The van der Waals surface area contributed by atoms with Gasteiger partial charge in [0, 0.05) is 5.39 Å². The van der Waals surface area contributed by atoms with Crippen molar-refractivity contribution in [2.75, 3.05) is 26.6 Å². The molecule has 0 bridgehead atoms. The van der Waals surface area contributed by atoms with Crippen molar-refractivity contribution in [1.82, 2.24) is 4.98 Å². The molecule has 1 heterocycles. The van der Waals surface area contributed by atoms with E-state index in [0.717, 1.165) is 16.5 Å². The largest absolute Gasteiger partial charge is 0.493 e. The molecule has 0 spiro atoms. The number of hydrogen-bond acceptors (Lipinski definition) is 5. The highest BCUT2D eigenvalue weighted by molar-refractivity contribution is 5.94. The van der Waals surface area contributed by atoms with Crippen molar-refractivity contribution in [1.29, 1.82) is 0 Å². The maximum absolute atomic E-state index is 12.4. The first-order valence-electron chi connectivity index (χ1n) is 8.08. The fraction of sp³-hybridized carbons (Fsp3) is 0.200. The number of methoxy groups -OCH3 is 3. The summed E-state index contributed by atoms with van der Waals surface area (Å²) in [5, 5.41) is 3.84. The third kappa shape index (κ3) is 3.69. The molecule has 3 rings (SSSR count). The van der Waals surface area contributed by atoms with Gasteiger partial charge >= 0.3 is 0 Å². The molecule has 1 N–H and O–H groups in total. The highest BCUT2D eigenvalue weighted by atomic mass is 16.5. The Morgan fingerprint density at radius 2 is 1.69 bits per heavy atom. The molecule has 3 aromatic rings. The molecule has 6 heteroatoms. The minimum absolute atomic E-state index is 0.156. The quantitative estimate of drug-likeness (QED) is 0.736. The highest BCUT2D eigenvalue weighted by Gasteiger charge is 2.15. The second-order valence-corrected chi connectivity index (χ2v) is 5.68. The van der Waals surface area contributed by atoms with Crippen molar-refractivity contribution in [2.24, 2.45) is 0 Å². The van der Waals surface area contributed by atoms with E-state index in [1.54, 1.807) is 39.7 Å². The van der Waals surface area contributed by atoms with Crippen LogP contribution in [0.3, 0.4) is 0 Å². The van der Waals surface area contributed by atoms with Gasteiger partial charge in [0.05, 0.1) is 45.2 Å². The van der Waals surface area contributed by atoms with Crippen LogP contribution in [-0.4, -0.2) is 32.2 Å². The predicted molar refractivity (Wildman–Crippen MR) is 100 cm³/mol. The number of pyridine rings is 1. The summed E-state index contributed by atoms with van der Waals surface area (Å²) in [4.78, 5) is 16.8. The van der Waals surface area contributed by atoms with E-state index in [1.807, 2.05) is 30.3 Å². The summed E-state index contributed by atoms with van der Waals surface area (Å²) in [6, 6.07) is 13.2. The van der Waals surface area contributed by atoms with Gasteiger partial charge in [0.2, 0.25) is 11.7 Å². The molecule has 0 unspecified atom stereocenters. The van der Waals surface area contributed by atoms with Crippen molar-refractivity contribution >= 4 is 22.5 Å². The second kappa shape index (κ2) is 7.74. The molecular formula is C20H20N2O4. The van der Waals surface area contributed by atoms with Crippen LogP contribution in [0.15, 0.2) is 48.7 Å². The van der Waals surface area contributed by atoms with E-state index in [1.165, 1.54) is 0 Å². The Morgan fingerprint density at radius 1 is 1.00 bits per heavy atom. The summed E-state index contributed by atoms with van der Waals surface area (Å²) in [7, 11) is 4.63. The summed E-state index contributed by atoms with van der Waals surface area (Å²) in [6.07, 6.45) is 1.82. The van der Waals surface area contributed by atoms with Gasteiger partial charge < -0.3 is 19.5 Å². The summed E-state index contributed by atoms with van der Waals surface area (Å²) < 4.78 is 15.9. The topological polar surface area (TPSA) is 69.7 Å². The van der Waals surface area contributed by atoms with Crippen LogP contribution in [0.25, 0.3) is 10.9 Å². The first kappa shape index (κ1) is 17.5. The Labute approximate surface area is 151 Å². The molecule has 0 aliphatic heterocycles. The van der Waals surface area contributed by atoms with Gasteiger partial charge in [-0.2, -0.15) is 0 Å². The first-order valence-corrected chi connectivity index (χ1v) is 8.08. The van der Waals surface area contributed by atoms with Gasteiger partial charge in [0.15, 0.2) is 11.5 Å². The lowest BCUT2D eigenvalue weighted by atomic mass is 10.1. The van der Waals surface area contributed by atoms with Crippen molar-refractivity contribution in [2.45, 2.75) is 6.42 Å². The number of ether oxygens (including phenoxy) is 3. The van der Waals surface area contributed by atoms with Gasteiger partial charge in [-0.1, -0.05) is 18.2 Å². The lowest BCUT2D eigenvalue weighted by Gasteiger charge is -2.14. The number of amides is 1. The molecule has 6 nitrogen and oxygen atoms in total. The maximum Gasteiger partial charge on any atom is 0.228 e. The van der Waals surface area contributed by atoms with Gasteiger partial charge in [0.25, 0.3) is 0 Å². The minimum atomic E-state index is -0.156. The van der Waals surface area contributed by atoms with E-state index in [9.17, 15) is 4.79 Å². The number of anilines is 1. The number of benzene rings is 2. The highest BCUT2D eigenvalue weighted by Crippen LogP contribution is 2.38. The Kier molecular flexibility index (Phi) is 5.22. The Bertz CT molecular complexity index is 915. The molecule has 134 valence electrons. The van der Waals surface area contributed by atoms with Crippen LogP contribution in [-0.2, 0) is 11.2 Å². The SMILES string of the molecule is COc1cc(CC(=O)Nc2cnc3ccccc3c2)cc(OC)c1OC. The fourth-order valence-electron chi connectivity index (χ4n) is 2.77. The number of carbonyl (C=O) groups is 1. The number of para-hydroxylation sites is 1. The van der Waals surface area contributed by atoms with Crippen LogP contribution in [0, 0.1) is 0 Å². The smallest absolute Gasteiger partial charge is 0.228 e. The van der Waals surface area contributed by atoms with E-state index in [2.05, 4.69) is 10.3 Å². The Balaban J connectivity index is 1.78. The summed E-state index contributed by atoms with van der Waals surface area (Å²) in [5.41, 5.74) is 2.29. The third-order valence-corrected chi connectivity index (χ3v) is 3.96. The third-order valence-electron chi connectivity index (χ3n) is 3.96. The van der Waals surface area contributed by atoms with Crippen LogP contribution in [0.4, 0.5) is 5.69 Å². The van der Waals surface area contributed by atoms with Crippen LogP contribution >= 0.6 is 0 Å². The molecule has 2 aromatic carbocycles. The van der Waals surface area contributed by atoms with Crippen molar-refractivity contribution in [3.63, 3.8) is 0 Å². The number of fused-ring (bicyclic) bond motifs is 1. The maximum atomic E-state index is 12.4. The lowest BCUT2D eigenvalue weighted by Crippen LogP contribution is -2.14. The number of carbonyl (C=O) groups excluding carboxylic acids is 1. The molecule has 0 saturated heterocycles. The zero-order valence-electron chi connectivity index (χ0n) is 14.9. The molecule has 0 aliphatic carbocycles.